The fourth-order valence-corrected chi connectivity index (χ4v) is 3.37. The second kappa shape index (κ2) is 9.62. The highest BCUT2D eigenvalue weighted by atomic mass is 16.5. The van der Waals surface area contributed by atoms with E-state index in [-0.39, 0.29) is 0 Å². The molecule has 2 aliphatic rings. The number of aliphatic imine (C=N–C) groups is 1. The van der Waals surface area contributed by atoms with Gasteiger partial charge in [0.2, 0.25) is 0 Å². The average Bonchev–Trinajstić information content (AvgIpc) is 2.99. The summed E-state index contributed by atoms with van der Waals surface area (Å²) in [7, 11) is 0. The molecule has 2 heterocycles. The van der Waals surface area contributed by atoms with E-state index in [1.165, 1.54) is 5.56 Å². The summed E-state index contributed by atoms with van der Waals surface area (Å²) in [4.78, 5) is 6.86. The van der Waals surface area contributed by atoms with E-state index in [4.69, 9.17) is 19.9 Å². The van der Waals surface area contributed by atoms with E-state index in [9.17, 15) is 0 Å². The molecular formula is C22H28N4O3. The minimum atomic E-state index is 0.372. The number of hydrogen-bond acceptors (Lipinski definition) is 5. The zero-order chi connectivity index (χ0) is 19.9. The number of nitrogens with one attached hydrogen (secondary N) is 1. The van der Waals surface area contributed by atoms with Crippen LogP contribution < -0.4 is 20.5 Å². The Kier molecular flexibility index (Phi) is 6.49. The molecule has 0 radical (unpaired) electrons. The van der Waals surface area contributed by atoms with Crippen LogP contribution in [0.3, 0.4) is 0 Å². The summed E-state index contributed by atoms with van der Waals surface area (Å²) in [5.41, 5.74) is 9.32. The van der Waals surface area contributed by atoms with Crippen molar-refractivity contribution in [2.75, 3.05) is 44.8 Å². The Morgan fingerprint density at radius 1 is 0.931 bits per heavy atom. The van der Waals surface area contributed by atoms with E-state index in [1.807, 2.05) is 18.2 Å². The largest absolute Gasteiger partial charge is 0.490 e. The number of nitrogens with zero attached hydrogens (tertiary/aromatic N) is 2. The van der Waals surface area contributed by atoms with Crippen molar-refractivity contribution < 1.29 is 14.2 Å². The van der Waals surface area contributed by atoms with Gasteiger partial charge in [0.05, 0.1) is 33.0 Å². The Morgan fingerprint density at radius 2 is 1.66 bits per heavy atom. The first kappa shape index (κ1) is 19.5. The van der Waals surface area contributed by atoms with Gasteiger partial charge in [-0.05, 0) is 23.3 Å². The van der Waals surface area contributed by atoms with Crippen molar-refractivity contribution in [1.29, 1.82) is 0 Å². The van der Waals surface area contributed by atoms with Gasteiger partial charge in [0, 0.05) is 37.8 Å². The first-order valence-corrected chi connectivity index (χ1v) is 10.1. The van der Waals surface area contributed by atoms with Crippen molar-refractivity contribution in [2.45, 2.75) is 19.5 Å². The molecule has 4 rings (SSSR count). The van der Waals surface area contributed by atoms with Crippen LogP contribution in [-0.4, -0.2) is 50.4 Å². The van der Waals surface area contributed by atoms with Gasteiger partial charge in [-0.1, -0.05) is 24.3 Å². The summed E-state index contributed by atoms with van der Waals surface area (Å²) in [5.74, 6) is 1.87. The number of anilines is 1. The molecule has 3 N–H and O–H groups in total. The van der Waals surface area contributed by atoms with Crippen molar-refractivity contribution in [3.05, 3.63) is 53.6 Å². The molecule has 0 saturated carbocycles. The van der Waals surface area contributed by atoms with Crippen LogP contribution in [0.5, 0.6) is 11.5 Å². The fraction of sp³-hybridized carbons (Fsp3) is 0.409. The van der Waals surface area contributed by atoms with Crippen LogP contribution in [0.4, 0.5) is 5.69 Å². The molecule has 0 unspecified atom stereocenters. The van der Waals surface area contributed by atoms with Gasteiger partial charge in [-0.2, -0.15) is 0 Å². The van der Waals surface area contributed by atoms with Gasteiger partial charge in [0.1, 0.15) is 0 Å². The molecule has 0 spiro atoms. The lowest BCUT2D eigenvalue weighted by molar-refractivity contribution is 0.0342. The average molecular weight is 396 g/mol. The maximum absolute atomic E-state index is 6.06. The number of fused-ring (bicyclic) bond motifs is 1. The lowest BCUT2D eigenvalue weighted by atomic mass is 10.1. The fourth-order valence-electron chi connectivity index (χ4n) is 3.37. The van der Waals surface area contributed by atoms with Crippen LogP contribution in [0.15, 0.2) is 47.5 Å². The van der Waals surface area contributed by atoms with Gasteiger partial charge in [-0.3, -0.25) is 4.90 Å². The van der Waals surface area contributed by atoms with Crippen molar-refractivity contribution in [3.8, 4) is 11.5 Å². The van der Waals surface area contributed by atoms with E-state index in [0.717, 1.165) is 62.0 Å². The quantitative estimate of drug-likeness (QED) is 0.597. The Balaban J connectivity index is 1.31. The van der Waals surface area contributed by atoms with Crippen LogP contribution >= 0.6 is 0 Å². The lowest BCUT2D eigenvalue weighted by Crippen LogP contribution is -2.35. The molecule has 0 aromatic heterocycles. The molecule has 0 aliphatic carbocycles. The molecule has 1 saturated heterocycles. The molecular weight excluding hydrogens is 368 g/mol. The zero-order valence-corrected chi connectivity index (χ0v) is 16.6. The van der Waals surface area contributed by atoms with Crippen LogP contribution in [0.25, 0.3) is 0 Å². The molecule has 7 heteroatoms. The minimum Gasteiger partial charge on any atom is -0.490 e. The highest BCUT2D eigenvalue weighted by molar-refractivity contribution is 5.92. The Bertz CT molecular complexity index is 832. The summed E-state index contributed by atoms with van der Waals surface area (Å²) < 4.78 is 16.8. The maximum atomic E-state index is 6.06. The van der Waals surface area contributed by atoms with Gasteiger partial charge >= 0.3 is 0 Å². The van der Waals surface area contributed by atoms with Crippen molar-refractivity contribution in [3.63, 3.8) is 0 Å². The second-order valence-corrected chi connectivity index (χ2v) is 7.24. The highest BCUT2D eigenvalue weighted by Crippen LogP contribution is 2.32. The van der Waals surface area contributed by atoms with E-state index in [1.54, 1.807) is 0 Å². The smallest absolute Gasteiger partial charge is 0.193 e. The Labute approximate surface area is 171 Å². The Morgan fingerprint density at radius 3 is 2.45 bits per heavy atom. The number of ether oxygens (including phenoxy) is 3. The first-order chi connectivity index (χ1) is 14.3. The molecule has 7 nitrogen and oxygen atoms in total. The topological polar surface area (TPSA) is 81.3 Å². The highest BCUT2D eigenvalue weighted by Gasteiger charge is 2.11. The normalized spacial score (nSPS) is 17.6. The SMILES string of the molecule is NC(=NCc1ccc(CN2CCOCC2)cc1)Nc1ccc2c(c1)OCCCO2. The van der Waals surface area contributed by atoms with Crippen LogP contribution in [0.1, 0.15) is 17.5 Å². The van der Waals surface area contributed by atoms with Gasteiger partial charge in [0.15, 0.2) is 17.5 Å². The third-order valence-electron chi connectivity index (χ3n) is 4.98. The number of guanidine groups is 1. The first-order valence-electron chi connectivity index (χ1n) is 10.1. The predicted molar refractivity (Wildman–Crippen MR) is 114 cm³/mol. The molecule has 1 fully saturated rings. The number of morpholine rings is 1. The lowest BCUT2D eigenvalue weighted by Gasteiger charge is -2.26. The zero-order valence-electron chi connectivity index (χ0n) is 16.6. The van der Waals surface area contributed by atoms with Gasteiger partial charge < -0.3 is 25.3 Å². The van der Waals surface area contributed by atoms with Gasteiger partial charge in [0.25, 0.3) is 0 Å². The van der Waals surface area contributed by atoms with Crippen molar-refractivity contribution in [1.82, 2.24) is 4.90 Å². The molecule has 2 aromatic rings. The molecule has 0 amide bonds. The second-order valence-electron chi connectivity index (χ2n) is 7.24. The standard InChI is InChI=1S/C22H28N4O3/c23-22(25-19-6-7-20-21(14-19)29-11-1-10-28-20)24-15-17-2-4-18(5-3-17)16-26-8-12-27-13-9-26/h2-7,14H,1,8-13,15-16H2,(H3,23,24,25). The summed E-state index contributed by atoms with van der Waals surface area (Å²) in [6, 6.07) is 14.2. The molecule has 0 atom stereocenters. The maximum Gasteiger partial charge on any atom is 0.193 e. The van der Waals surface area contributed by atoms with E-state index < -0.39 is 0 Å². The third kappa shape index (κ3) is 5.62. The van der Waals surface area contributed by atoms with E-state index in [2.05, 4.69) is 39.5 Å². The van der Waals surface area contributed by atoms with E-state index in [0.29, 0.717) is 25.7 Å². The van der Waals surface area contributed by atoms with Gasteiger partial charge in [-0.25, -0.2) is 4.99 Å². The predicted octanol–water partition coefficient (Wildman–Crippen LogP) is 2.61. The Hall–Kier alpha value is -2.77. The summed E-state index contributed by atoms with van der Waals surface area (Å²) in [5, 5.41) is 3.12. The van der Waals surface area contributed by atoms with E-state index >= 15 is 0 Å². The van der Waals surface area contributed by atoms with Crippen molar-refractivity contribution in [2.24, 2.45) is 10.7 Å². The number of rotatable bonds is 5. The van der Waals surface area contributed by atoms with Gasteiger partial charge in [-0.15, -0.1) is 0 Å². The minimum absolute atomic E-state index is 0.372. The van der Waals surface area contributed by atoms with Crippen molar-refractivity contribution >= 4 is 11.6 Å². The third-order valence-corrected chi connectivity index (χ3v) is 4.98. The summed E-state index contributed by atoms with van der Waals surface area (Å²) >= 11 is 0. The summed E-state index contributed by atoms with van der Waals surface area (Å²) in [6.45, 7) is 6.45. The molecule has 29 heavy (non-hydrogen) atoms. The molecule has 154 valence electrons. The van der Waals surface area contributed by atoms with Crippen LogP contribution in [0, 0.1) is 0 Å². The number of nitrogens with two attached hydrogens (primary N) is 1. The monoisotopic (exact) mass is 396 g/mol. The number of hydrogen-bond donors (Lipinski definition) is 2. The molecule has 2 aliphatic heterocycles. The molecule has 2 aromatic carbocycles. The number of benzene rings is 2. The molecule has 0 bridgehead atoms. The van der Waals surface area contributed by atoms with Crippen LogP contribution in [-0.2, 0) is 17.8 Å². The van der Waals surface area contributed by atoms with Crippen LogP contribution in [0.2, 0.25) is 0 Å². The summed E-state index contributed by atoms with van der Waals surface area (Å²) in [6.07, 6.45) is 0.881.